The summed E-state index contributed by atoms with van der Waals surface area (Å²) in [4.78, 5) is 25.5. The Kier molecular flexibility index (Phi) is 6.17. The molecule has 0 aromatic heterocycles. The third kappa shape index (κ3) is 5.08. The van der Waals surface area contributed by atoms with Gasteiger partial charge in [-0.3, -0.25) is 4.79 Å². The van der Waals surface area contributed by atoms with E-state index in [9.17, 15) is 9.59 Å². The molecule has 0 spiro atoms. The smallest absolute Gasteiger partial charge is 0.337 e. The average molecular weight is 341 g/mol. The van der Waals surface area contributed by atoms with Gasteiger partial charge in [-0.05, 0) is 43.7 Å². The Morgan fingerprint density at radius 3 is 2.20 bits per heavy atom. The molecule has 2 rings (SSSR count). The summed E-state index contributed by atoms with van der Waals surface area (Å²) in [5.41, 5.74) is 2.54. The number of amides is 1. The molecule has 0 aliphatic heterocycles. The number of benzene rings is 2. The Bertz CT molecular complexity index is 722. The van der Waals surface area contributed by atoms with Crippen LogP contribution in [0.5, 0.6) is 5.75 Å². The first-order chi connectivity index (χ1) is 11.9. The van der Waals surface area contributed by atoms with Crippen LogP contribution >= 0.6 is 0 Å². The highest BCUT2D eigenvalue weighted by atomic mass is 16.5. The van der Waals surface area contributed by atoms with Crippen LogP contribution in [0.3, 0.4) is 0 Å². The number of likely N-dealkylation sites (N-methyl/N-ethyl adjacent to an activating group) is 1. The fourth-order valence-corrected chi connectivity index (χ4v) is 2.40. The SMILES string of the molecule is COC(=O)c1ccc(CN(C)C(=O)C(C)Oc2ccc(C)cc2)cc1. The van der Waals surface area contributed by atoms with Crippen LogP contribution in [0, 0.1) is 6.92 Å². The van der Waals surface area contributed by atoms with Gasteiger partial charge in [0, 0.05) is 13.6 Å². The van der Waals surface area contributed by atoms with Crippen molar-refractivity contribution in [2.45, 2.75) is 26.5 Å². The molecule has 5 heteroatoms. The normalized spacial score (nSPS) is 11.5. The summed E-state index contributed by atoms with van der Waals surface area (Å²) in [6.07, 6.45) is -0.581. The standard InChI is InChI=1S/C20H23NO4/c1-14-5-11-18(12-6-14)25-15(2)19(22)21(3)13-16-7-9-17(10-8-16)20(23)24-4/h5-12,15H,13H2,1-4H3. The molecule has 0 heterocycles. The highest BCUT2D eigenvalue weighted by Gasteiger charge is 2.19. The molecular formula is C20H23NO4. The number of hydrogen-bond acceptors (Lipinski definition) is 4. The molecule has 1 amide bonds. The van der Waals surface area contributed by atoms with E-state index in [1.165, 1.54) is 7.11 Å². The van der Waals surface area contributed by atoms with Crippen molar-refractivity contribution < 1.29 is 19.1 Å². The lowest BCUT2D eigenvalue weighted by Crippen LogP contribution is -2.37. The predicted molar refractivity (Wildman–Crippen MR) is 95.5 cm³/mol. The van der Waals surface area contributed by atoms with Gasteiger partial charge in [0.05, 0.1) is 12.7 Å². The van der Waals surface area contributed by atoms with Crippen LogP contribution in [-0.2, 0) is 16.1 Å². The zero-order valence-electron chi connectivity index (χ0n) is 15.0. The van der Waals surface area contributed by atoms with E-state index in [2.05, 4.69) is 4.74 Å². The summed E-state index contributed by atoms with van der Waals surface area (Å²) < 4.78 is 10.4. The maximum absolute atomic E-state index is 12.5. The number of ether oxygens (including phenoxy) is 2. The molecule has 0 aliphatic carbocycles. The molecule has 2 aromatic rings. The Hall–Kier alpha value is -2.82. The second-order valence-corrected chi connectivity index (χ2v) is 5.96. The molecule has 132 valence electrons. The Morgan fingerprint density at radius 1 is 1.04 bits per heavy atom. The fraction of sp³-hybridized carbons (Fsp3) is 0.300. The van der Waals surface area contributed by atoms with Gasteiger partial charge in [0.15, 0.2) is 6.10 Å². The summed E-state index contributed by atoms with van der Waals surface area (Å²) in [5.74, 6) is 0.177. The maximum atomic E-state index is 12.5. The van der Waals surface area contributed by atoms with Crippen LogP contribution in [0.4, 0.5) is 0 Å². The Balaban J connectivity index is 1.94. The molecule has 2 aromatic carbocycles. The summed E-state index contributed by atoms with van der Waals surface area (Å²) in [5, 5.41) is 0. The molecular weight excluding hydrogens is 318 g/mol. The van der Waals surface area contributed by atoms with E-state index in [-0.39, 0.29) is 11.9 Å². The first-order valence-electron chi connectivity index (χ1n) is 8.06. The molecule has 0 saturated carbocycles. The third-order valence-electron chi connectivity index (χ3n) is 3.85. The van der Waals surface area contributed by atoms with Crippen molar-refractivity contribution in [3.8, 4) is 5.75 Å². The van der Waals surface area contributed by atoms with Crippen LogP contribution < -0.4 is 4.74 Å². The van der Waals surface area contributed by atoms with E-state index >= 15 is 0 Å². The van der Waals surface area contributed by atoms with Gasteiger partial charge in [-0.1, -0.05) is 29.8 Å². The summed E-state index contributed by atoms with van der Waals surface area (Å²) in [7, 11) is 3.07. The molecule has 0 bridgehead atoms. The number of methoxy groups -OCH3 is 1. The molecule has 0 radical (unpaired) electrons. The van der Waals surface area contributed by atoms with E-state index in [4.69, 9.17) is 4.74 Å². The molecule has 1 atom stereocenters. The second-order valence-electron chi connectivity index (χ2n) is 5.96. The van der Waals surface area contributed by atoms with Crippen LogP contribution in [0.1, 0.15) is 28.4 Å². The minimum atomic E-state index is -0.581. The molecule has 0 saturated heterocycles. The third-order valence-corrected chi connectivity index (χ3v) is 3.85. The highest BCUT2D eigenvalue weighted by Crippen LogP contribution is 2.15. The quantitative estimate of drug-likeness (QED) is 0.757. The van der Waals surface area contributed by atoms with Crippen molar-refractivity contribution in [2.75, 3.05) is 14.2 Å². The summed E-state index contributed by atoms with van der Waals surface area (Å²) in [6.45, 7) is 4.17. The van der Waals surface area contributed by atoms with E-state index < -0.39 is 6.10 Å². The van der Waals surface area contributed by atoms with E-state index in [0.29, 0.717) is 17.9 Å². The van der Waals surface area contributed by atoms with Crippen LogP contribution in [0.2, 0.25) is 0 Å². The average Bonchev–Trinajstić information content (AvgIpc) is 2.62. The molecule has 1 unspecified atom stereocenters. The molecule has 0 fully saturated rings. The number of carbonyl (C=O) groups excluding carboxylic acids is 2. The van der Waals surface area contributed by atoms with Gasteiger partial charge in [0.2, 0.25) is 0 Å². The van der Waals surface area contributed by atoms with Gasteiger partial charge in [0.25, 0.3) is 5.91 Å². The predicted octanol–water partition coefficient (Wildman–Crippen LogP) is 3.21. The maximum Gasteiger partial charge on any atom is 0.337 e. The Morgan fingerprint density at radius 2 is 1.64 bits per heavy atom. The van der Waals surface area contributed by atoms with Crippen molar-refractivity contribution in [3.63, 3.8) is 0 Å². The first-order valence-corrected chi connectivity index (χ1v) is 8.06. The van der Waals surface area contributed by atoms with Crippen molar-refractivity contribution in [1.29, 1.82) is 0 Å². The fourth-order valence-electron chi connectivity index (χ4n) is 2.40. The number of esters is 1. The first kappa shape index (κ1) is 18.5. The van der Waals surface area contributed by atoms with Crippen LogP contribution in [-0.4, -0.2) is 37.0 Å². The van der Waals surface area contributed by atoms with Crippen molar-refractivity contribution in [1.82, 2.24) is 4.90 Å². The van der Waals surface area contributed by atoms with E-state index in [0.717, 1.165) is 11.1 Å². The lowest BCUT2D eigenvalue weighted by atomic mass is 10.1. The number of nitrogens with zero attached hydrogens (tertiary/aromatic N) is 1. The van der Waals surface area contributed by atoms with Gasteiger partial charge >= 0.3 is 5.97 Å². The number of aryl methyl sites for hydroxylation is 1. The van der Waals surface area contributed by atoms with Crippen molar-refractivity contribution in [2.24, 2.45) is 0 Å². The van der Waals surface area contributed by atoms with Crippen LogP contribution in [0.15, 0.2) is 48.5 Å². The zero-order chi connectivity index (χ0) is 18.4. The van der Waals surface area contributed by atoms with Crippen LogP contribution in [0.25, 0.3) is 0 Å². The Labute approximate surface area is 148 Å². The second kappa shape index (κ2) is 8.33. The lowest BCUT2D eigenvalue weighted by molar-refractivity contribution is -0.137. The minimum absolute atomic E-state index is 0.113. The summed E-state index contributed by atoms with van der Waals surface area (Å²) in [6, 6.07) is 14.6. The number of carbonyl (C=O) groups is 2. The van der Waals surface area contributed by atoms with E-state index in [1.54, 1.807) is 31.0 Å². The minimum Gasteiger partial charge on any atom is -0.481 e. The zero-order valence-corrected chi connectivity index (χ0v) is 15.0. The van der Waals surface area contributed by atoms with Gasteiger partial charge < -0.3 is 14.4 Å². The topological polar surface area (TPSA) is 55.8 Å². The molecule has 0 aliphatic rings. The van der Waals surface area contributed by atoms with E-state index in [1.807, 2.05) is 43.3 Å². The largest absolute Gasteiger partial charge is 0.481 e. The number of hydrogen-bond donors (Lipinski definition) is 0. The van der Waals surface area contributed by atoms with Gasteiger partial charge in [-0.25, -0.2) is 4.79 Å². The summed E-state index contributed by atoms with van der Waals surface area (Å²) >= 11 is 0. The van der Waals surface area contributed by atoms with Crippen molar-refractivity contribution in [3.05, 3.63) is 65.2 Å². The lowest BCUT2D eigenvalue weighted by Gasteiger charge is -2.22. The van der Waals surface area contributed by atoms with Gasteiger partial charge in [-0.15, -0.1) is 0 Å². The highest BCUT2D eigenvalue weighted by molar-refractivity contribution is 5.89. The van der Waals surface area contributed by atoms with Gasteiger partial charge in [-0.2, -0.15) is 0 Å². The molecule has 5 nitrogen and oxygen atoms in total. The van der Waals surface area contributed by atoms with Gasteiger partial charge in [0.1, 0.15) is 5.75 Å². The van der Waals surface area contributed by atoms with Crippen molar-refractivity contribution >= 4 is 11.9 Å². The number of rotatable bonds is 6. The molecule has 25 heavy (non-hydrogen) atoms. The monoisotopic (exact) mass is 341 g/mol. The molecule has 0 N–H and O–H groups in total.